The lowest BCUT2D eigenvalue weighted by atomic mass is 10.0. The summed E-state index contributed by atoms with van der Waals surface area (Å²) in [6.45, 7) is 0. The van der Waals surface area contributed by atoms with Crippen molar-refractivity contribution in [3.63, 3.8) is 0 Å². The monoisotopic (exact) mass is 1110 g/mol. The highest BCUT2D eigenvalue weighted by Crippen LogP contribution is 2.41. The van der Waals surface area contributed by atoms with Crippen LogP contribution < -0.4 is 18.9 Å². The van der Waals surface area contributed by atoms with E-state index in [-0.39, 0.29) is 19.6 Å². The summed E-state index contributed by atoms with van der Waals surface area (Å²) in [7, 11) is -7.76. The van der Waals surface area contributed by atoms with Crippen LogP contribution in [0.1, 0.15) is 0 Å². The summed E-state index contributed by atoms with van der Waals surface area (Å²) in [5.74, 6) is 4.09. The average Bonchev–Trinajstić information content (AvgIpc) is 3.41. The van der Waals surface area contributed by atoms with Gasteiger partial charge in [0.05, 0.1) is 19.6 Å². The van der Waals surface area contributed by atoms with Crippen molar-refractivity contribution in [3.8, 4) is 79.4 Å². The molecule has 8 nitrogen and oxygen atoms in total. The second-order valence-corrected chi connectivity index (χ2v) is 22.0. The van der Waals surface area contributed by atoms with Crippen LogP contribution >= 0.6 is 31.9 Å². The third kappa shape index (κ3) is 10.6. The quantitative estimate of drug-likeness (QED) is 0.1000. The van der Waals surface area contributed by atoms with Gasteiger partial charge < -0.3 is 18.9 Å². The predicted molar refractivity (Wildman–Crippen MR) is 288 cm³/mol. The minimum Gasteiger partial charge on any atom is -0.457 e. The highest BCUT2D eigenvalue weighted by atomic mass is 79.9. The molecule has 0 spiro atoms. The maximum absolute atomic E-state index is 13.8. The Morgan fingerprint density at radius 3 is 1.10 bits per heavy atom. The largest absolute Gasteiger partial charge is 0.457 e. The summed E-state index contributed by atoms with van der Waals surface area (Å²) in [6.07, 6.45) is 0. The van der Waals surface area contributed by atoms with Crippen LogP contribution in [-0.2, 0) is 19.7 Å². The molecular weight excluding hydrogens is 1070 g/mol. The minimum absolute atomic E-state index is 0.102. The van der Waals surface area contributed by atoms with Gasteiger partial charge in [0.15, 0.2) is 0 Å². The van der Waals surface area contributed by atoms with Crippen LogP contribution in [0.5, 0.6) is 46.0 Å². The summed E-state index contributed by atoms with van der Waals surface area (Å²) < 4.78 is 82.0. The van der Waals surface area contributed by atoms with Gasteiger partial charge in [-0.2, -0.15) is 0 Å². The summed E-state index contributed by atoms with van der Waals surface area (Å²) in [5.41, 5.74) is 5.32. The molecule has 354 valence electrons. The normalized spacial score (nSPS) is 11.4. The first-order valence-electron chi connectivity index (χ1n) is 22.5. The Morgan fingerprint density at radius 1 is 0.292 bits per heavy atom. The number of benzene rings is 10. The molecule has 0 unspecified atom stereocenters. The summed E-state index contributed by atoms with van der Waals surface area (Å²) in [4.78, 5) is 0.443. The average molecular weight is 1110 g/mol. The lowest BCUT2D eigenvalue weighted by molar-refractivity contribution is 0.470. The summed E-state index contributed by atoms with van der Waals surface area (Å²) in [5, 5.41) is 0. The van der Waals surface area contributed by atoms with E-state index in [1.165, 1.54) is 48.5 Å². The molecule has 0 heterocycles. The van der Waals surface area contributed by atoms with Crippen molar-refractivity contribution >= 4 is 51.5 Å². The van der Waals surface area contributed by atoms with E-state index in [0.29, 0.717) is 51.6 Å². The summed E-state index contributed by atoms with van der Waals surface area (Å²) in [6, 6.07) is 71.4. The van der Waals surface area contributed by atoms with Crippen molar-refractivity contribution in [3.05, 3.63) is 252 Å². The Morgan fingerprint density at radius 2 is 0.653 bits per heavy atom. The van der Waals surface area contributed by atoms with E-state index in [2.05, 4.69) is 31.9 Å². The van der Waals surface area contributed by atoms with E-state index in [9.17, 15) is 16.8 Å². The van der Waals surface area contributed by atoms with Crippen LogP contribution in [-0.4, -0.2) is 16.8 Å². The smallest absolute Gasteiger partial charge is 0.206 e. The maximum atomic E-state index is 13.8. The zero-order valence-corrected chi connectivity index (χ0v) is 42.7. The molecule has 0 N–H and O–H groups in total. The molecule has 72 heavy (non-hydrogen) atoms. The second kappa shape index (κ2) is 20.9. The molecule has 10 rings (SSSR count). The highest BCUT2D eigenvalue weighted by molar-refractivity contribution is 9.10. The second-order valence-electron chi connectivity index (χ2n) is 16.3. The standard InChI is InChI=1S/C60H40Br2O8S2/c61-44-19-37-57(54(39-44)41-11-4-1-5-12-41)68-46-22-31-51(32-23-46)71(63,64)50-29-20-45(21-30-50)67-49-28-38-58(55(40-49)42-13-6-2-7-14-42)69-47-24-33-52(34-25-47)72(65,66)53-35-26-48(27-36-53)70-59-18-10-17-56(62)60(59)43-15-8-3-9-16-43/h1-40H. The van der Waals surface area contributed by atoms with E-state index < -0.39 is 19.7 Å². The molecule has 0 aliphatic rings. The molecule has 0 aliphatic carbocycles. The van der Waals surface area contributed by atoms with Crippen molar-refractivity contribution in [2.45, 2.75) is 19.6 Å². The van der Waals surface area contributed by atoms with Crippen LogP contribution in [0.25, 0.3) is 33.4 Å². The van der Waals surface area contributed by atoms with Gasteiger partial charge in [0.25, 0.3) is 0 Å². The molecule has 0 radical (unpaired) electrons. The topological polar surface area (TPSA) is 105 Å². The van der Waals surface area contributed by atoms with Crippen molar-refractivity contribution in [1.29, 1.82) is 0 Å². The number of ether oxygens (including phenoxy) is 4. The molecule has 10 aromatic rings. The van der Waals surface area contributed by atoms with E-state index in [0.717, 1.165) is 36.8 Å². The van der Waals surface area contributed by atoms with Gasteiger partial charge in [-0.05, 0) is 162 Å². The number of rotatable bonds is 15. The fourth-order valence-electron chi connectivity index (χ4n) is 7.95. The van der Waals surface area contributed by atoms with E-state index in [1.54, 1.807) is 60.7 Å². The zero-order chi connectivity index (χ0) is 49.7. The molecule has 0 aromatic heterocycles. The van der Waals surface area contributed by atoms with E-state index in [1.807, 2.05) is 133 Å². The lowest BCUT2D eigenvalue weighted by Gasteiger charge is -2.15. The number of hydrogen-bond acceptors (Lipinski definition) is 8. The predicted octanol–water partition coefficient (Wildman–Crippen LogP) is 17.0. The number of halogens is 2. The first kappa shape index (κ1) is 47.9. The summed E-state index contributed by atoms with van der Waals surface area (Å²) >= 11 is 7.19. The Hall–Kier alpha value is -7.74. The Kier molecular flexibility index (Phi) is 13.9. The van der Waals surface area contributed by atoms with Crippen molar-refractivity contribution in [2.75, 3.05) is 0 Å². The molecule has 0 aliphatic heterocycles. The molecule has 0 saturated carbocycles. The lowest BCUT2D eigenvalue weighted by Crippen LogP contribution is -2.02. The maximum Gasteiger partial charge on any atom is 0.206 e. The number of sulfone groups is 2. The van der Waals surface area contributed by atoms with Gasteiger partial charge in [-0.25, -0.2) is 16.8 Å². The Balaban J connectivity index is 0.812. The van der Waals surface area contributed by atoms with Crippen molar-refractivity contribution in [2.24, 2.45) is 0 Å². The van der Waals surface area contributed by atoms with Crippen molar-refractivity contribution in [1.82, 2.24) is 0 Å². The molecule has 0 bridgehead atoms. The Labute approximate surface area is 434 Å². The zero-order valence-electron chi connectivity index (χ0n) is 37.9. The third-order valence-electron chi connectivity index (χ3n) is 11.6. The molecular formula is C60H40Br2O8S2. The minimum atomic E-state index is -3.88. The first-order valence-corrected chi connectivity index (χ1v) is 27.0. The van der Waals surface area contributed by atoms with Gasteiger partial charge in [-0.1, -0.05) is 129 Å². The molecule has 10 aromatic carbocycles. The van der Waals surface area contributed by atoms with Gasteiger partial charge in [0.1, 0.15) is 46.0 Å². The van der Waals surface area contributed by atoms with Crippen LogP contribution in [0.2, 0.25) is 0 Å². The third-order valence-corrected chi connectivity index (χ3v) is 16.3. The van der Waals surface area contributed by atoms with Gasteiger partial charge in [0, 0.05) is 25.6 Å². The van der Waals surface area contributed by atoms with Gasteiger partial charge >= 0.3 is 0 Å². The molecule has 0 atom stereocenters. The van der Waals surface area contributed by atoms with Gasteiger partial charge in [-0.15, -0.1) is 0 Å². The van der Waals surface area contributed by atoms with Crippen molar-refractivity contribution < 1.29 is 35.8 Å². The van der Waals surface area contributed by atoms with Crippen LogP contribution in [0.4, 0.5) is 0 Å². The molecule has 0 fully saturated rings. The molecule has 12 heteroatoms. The van der Waals surface area contributed by atoms with Crippen LogP contribution in [0, 0.1) is 0 Å². The van der Waals surface area contributed by atoms with Crippen LogP contribution in [0.3, 0.4) is 0 Å². The van der Waals surface area contributed by atoms with Crippen LogP contribution in [0.15, 0.2) is 271 Å². The fourth-order valence-corrected chi connectivity index (χ4v) is 11.4. The Bertz CT molecular complexity index is 3750. The number of hydrogen-bond donors (Lipinski definition) is 0. The van der Waals surface area contributed by atoms with Gasteiger partial charge in [0.2, 0.25) is 19.7 Å². The van der Waals surface area contributed by atoms with E-state index in [4.69, 9.17) is 18.9 Å². The SMILES string of the molecule is O=S(=O)(c1ccc(Oc2ccc(Oc3ccc(S(=O)(=O)c4ccc(Oc5cccc(Br)c5-c5ccccc5)cc4)cc3)c(-c3ccccc3)c2)cc1)c1ccc(Oc2ccc(Br)cc2-c2ccccc2)cc1. The molecule has 0 amide bonds. The highest BCUT2D eigenvalue weighted by Gasteiger charge is 2.21. The van der Waals surface area contributed by atoms with E-state index >= 15 is 0 Å². The first-order chi connectivity index (χ1) is 35.0. The van der Waals surface area contributed by atoms with Gasteiger partial charge in [-0.3, -0.25) is 0 Å². The molecule has 0 saturated heterocycles. The fraction of sp³-hybridized carbons (Fsp3) is 0.